The van der Waals surface area contributed by atoms with Crippen molar-refractivity contribution in [1.82, 2.24) is 9.78 Å². The molecule has 0 spiro atoms. The molecule has 2 rings (SSSR count). The van der Waals surface area contributed by atoms with Crippen molar-refractivity contribution in [3.05, 3.63) is 36.0 Å². The van der Waals surface area contributed by atoms with Crippen LogP contribution in [-0.4, -0.2) is 27.6 Å². The molecule has 0 aliphatic carbocycles. The molecule has 2 aromatic rings. The summed E-state index contributed by atoms with van der Waals surface area (Å²) in [6, 6.07) is 7.09. The average molecular weight is 371 g/mol. The minimum Gasteiger partial charge on any atom is -0.374 e. The highest BCUT2D eigenvalue weighted by Gasteiger charge is 2.17. The minimum absolute atomic E-state index is 0.00881. The summed E-state index contributed by atoms with van der Waals surface area (Å²) in [5.41, 5.74) is 2.46. The first-order chi connectivity index (χ1) is 12.8. The Morgan fingerprint density at radius 1 is 1.11 bits per heavy atom. The summed E-state index contributed by atoms with van der Waals surface area (Å²) in [6.45, 7) is 9.70. The molecule has 27 heavy (non-hydrogen) atoms. The maximum atomic E-state index is 12.6. The topological polar surface area (TPSA) is 88.1 Å². The number of anilines is 3. The molecule has 0 saturated carbocycles. The fourth-order valence-electron chi connectivity index (χ4n) is 2.73. The molecule has 0 fully saturated rings. The van der Waals surface area contributed by atoms with Crippen LogP contribution in [0.1, 0.15) is 52.1 Å². The van der Waals surface area contributed by atoms with Gasteiger partial charge in [-0.15, -0.1) is 0 Å². The molecule has 1 heterocycles. The third kappa shape index (κ3) is 5.32. The van der Waals surface area contributed by atoms with Gasteiger partial charge in [0, 0.05) is 29.9 Å². The van der Waals surface area contributed by atoms with Crippen molar-refractivity contribution in [1.29, 1.82) is 0 Å². The van der Waals surface area contributed by atoms with E-state index in [4.69, 9.17) is 0 Å². The third-order valence-electron chi connectivity index (χ3n) is 4.26. The van der Waals surface area contributed by atoms with Gasteiger partial charge in [0.2, 0.25) is 11.8 Å². The standard InChI is InChI=1S/C20H29N5O2/c1-6-8-19(26)23-17-10-7-9-16(14(17)4)22-15(5)20(27)24-18-11-12-21-25(18)13(2)3/h7,9-13,15,22H,6,8H2,1-5H3,(H,23,26)(H,24,27). The first kappa shape index (κ1) is 20.5. The zero-order valence-corrected chi connectivity index (χ0v) is 16.7. The SMILES string of the molecule is CCCC(=O)Nc1cccc(NC(C)C(=O)Nc2ccnn2C(C)C)c1C. The van der Waals surface area contributed by atoms with Gasteiger partial charge in [0.05, 0.1) is 6.20 Å². The van der Waals surface area contributed by atoms with E-state index in [1.54, 1.807) is 23.9 Å². The predicted octanol–water partition coefficient (Wildman–Crippen LogP) is 3.95. The lowest BCUT2D eigenvalue weighted by atomic mass is 10.1. The van der Waals surface area contributed by atoms with Crippen molar-refractivity contribution in [2.24, 2.45) is 0 Å². The van der Waals surface area contributed by atoms with Gasteiger partial charge in [0.25, 0.3) is 0 Å². The summed E-state index contributed by atoms with van der Waals surface area (Å²) < 4.78 is 1.76. The van der Waals surface area contributed by atoms with E-state index in [1.807, 2.05) is 45.9 Å². The van der Waals surface area contributed by atoms with E-state index in [9.17, 15) is 9.59 Å². The minimum atomic E-state index is -0.458. The van der Waals surface area contributed by atoms with E-state index >= 15 is 0 Å². The van der Waals surface area contributed by atoms with E-state index in [0.717, 1.165) is 23.4 Å². The van der Waals surface area contributed by atoms with Crippen LogP contribution < -0.4 is 16.0 Å². The van der Waals surface area contributed by atoms with Gasteiger partial charge in [0.15, 0.2) is 0 Å². The average Bonchev–Trinajstić information content (AvgIpc) is 3.07. The van der Waals surface area contributed by atoms with Crippen LogP contribution in [0.25, 0.3) is 0 Å². The molecule has 0 bridgehead atoms. The van der Waals surface area contributed by atoms with E-state index in [1.165, 1.54) is 0 Å². The number of carbonyl (C=O) groups excluding carboxylic acids is 2. The van der Waals surface area contributed by atoms with E-state index in [0.29, 0.717) is 12.2 Å². The van der Waals surface area contributed by atoms with Gasteiger partial charge in [-0.3, -0.25) is 9.59 Å². The summed E-state index contributed by atoms with van der Waals surface area (Å²) in [6.07, 6.45) is 2.95. The molecule has 0 aliphatic rings. The Kier molecular flexibility index (Phi) is 6.98. The molecule has 3 N–H and O–H groups in total. The first-order valence-corrected chi connectivity index (χ1v) is 9.33. The highest BCUT2D eigenvalue weighted by Crippen LogP contribution is 2.24. The molecule has 7 heteroatoms. The molecule has 2 amide bonds. The van der Waals surface area contributed by atoms with E-state index < -0.39 is 6.04 Å². The molecule has 0 aliphatic heterocycles. The van der Waals surface area contributed by atoms with Crippen molar-refractivity contribution >= 4 is 29.0 Å². The number of benzene rings is 1. The number of hydrogen-bond acceptors (Lipinski definition) is 4. The summed E-state index contributed by atoms with van der Waals surface area (Å²) >= 11 is 0. The Morgan fingerprint density at radius 3 is 2.48 bits per heavy atom. The van der Waals surface area contributed by atoms with Crippen LogP contribution in [0.15, 0.2) is 30.5 Å². The van der Waals surface area contributed by atoms with Crippen molar-refractivity contribution < 1.29 is 9.59 Å². The Bertz CT molecular complexity index is 797. The van der Waals surface area contributed by atoms with Crippen molar-refractivity contribution in [2.45, 2.75) is 59.5 Å². The monoisotopic (exact) mass is 371 g/mol. The highest BCUT2D eigenvalue weighted by molar-refractivity contribution is 5.96. The summed E-state index contributed by atoms with van der Waals surface area (Å²) in [5.74, 6) is 0.503. The number of amides is 2. The predicted molar refractivity (Wildman–Crippen MR) is 109 cm³/mol. The molecule has 0 saturated heterocycles. The van der Waals surface area contributed by atoms with Gasteiger partial charge in [-0.25, -0.2) is 4.68 Å². The quantitative estimate of drug-likeness (QED) is 0.655. The maximum Gasteiger partial charge on any atom is 0.247 e. The molecule has 1 aromatic heterocycles. The number of nitrogens with zero attached hydrogens (tertiary/aromatic N) is 2. The lowest BCUT2D eigenvalue weighted by Gasteiger charge is -2.19. The van der Waals surface area contributed by atoms with Crippen LogP contribution in [0.3, 0.4) is 0 Å². The third-order valence-corrected chi connectivity index (χ3v) is 4.26. The Balaban J connectivity index is 2.06. The summed E-state index contributed by atoms with van der Waals surface area (Å²) in [7, 11) is 0. The molecular formula is C20H29N5O2. The summed E-state index contributed by atoms with van der Waals surface area (Å²) in [5, 5.41) is 13.3. The van der Waals surface area contributed by atoms with Gasteiger partial charge >= 0.3 is 0 Å². The Morgan fingerprint density at radius 2 is 1.81 bits per heavy atom. The fraction of sp³-hybridized carbons (Fsp3) is 0.450. The lowest BCUT2D eigenvalue weighted by molar-refractivity contribution is -0.117. The molecule has 146 valence electrons. The fourth-order valence-corrected chi connectivity index (χ4v) is 2.73. The van der Waals surface area contributed by atoms with E-state index in [-0.39, 0.29) is 17.9 Å². The van der Waals surface area contributed by atoms with Gasteiger partial charge in [-0.05, 0) is 51.8 Å². The molecule has 1 aromatic carbocycles. The second kappa shape index (κ2) is 9.21. The number of hydrogen-bond donors (Lipinski definition) is 3. The molecule has 1 atom stereocenters. The molecule has 1 unspecified atom stereocenters. The van der Waals surface area contributed by atoms with Crippen LogP contribution in [-0.2, 0) is 9.59 Å². The van der Waals surface area contributed by atoms with Gasteiger partial charge < -0.3 is 16.0 Å². The molecule has 0 radical (unpaired) electrons. The van der Waals surface area contributed by atoms with Gasteiger partial charge in [0.1, 0.15) is 11.9 Å². The molecule has 7 nitrogen and oxygen atoms in total. The van der Waals surface area contributed by atoms with Crippen molar-refractivity contribution in [3.8, 4) is 0 Å². The smallest absolute Gasteiger partial charge is 0.247 e. The maximum absolute atomic E-state index is 12.6. The lowest BCUT2D eigenvalue weighted by Crippen LogP contribution is -2.33. The Hall–Kier alpha value is -2.83. The number of carbonyl (C=O) groups is 2. The zero-order valence-electron chi connectivity index (χ0n) is 16.7. The van der Waals surface area contributed by atoms with Crippen LogP contribution in [0.5, 0.6) is 0 Å². The molecular weight excluding hydrogens is 342 g/mol. The van der Waals surface area contributed by atoms with E-state index in [2.05, 4.69) is 21.0 Å². The van der Waals surface area contributed by atoms with Crippen LogP contribution in [0.4, 0.5) is 17.2 Å². The zero-order chi connectivity index (χ0) is 20.0. The Labute approximate surface area is 160 Å². The number of rotatable bonds is 8. The van der Waals surface area contributed by atoms with Crippen LogP contribution >= 0.6 is 0 Å². The normalized spacial score (nSPS) is 11.9. The van der Waals surface area contributed by atoms with Crippen molar-refractivity contribution in [2.75, 3.05) is 16.0 Å². The number of nitrogens with one attached hydrogen (secondary N) is 3. The van der Waals surface area contributed by atoms with Crippen LogP contribution in [0.2, 0.25) is 0 Å². The second-order valence-electron chi connectivity index (χ2n) is 6.89. The summed E-state index contributed by atoms with van der Waals surface area (Å²) in [4.78, 5) is 24.4. The largest absolute Gasteiger partial charge is 0.374 e. The first-order valence-electron chi connectivity index (χ1n) is 9.33. The second-order valence-corrected chi connectivity index (χ2v) is 6.89. The van der Waals surface area contributed by atoms with Gasteiger partial charge in [-0.1, -0.05) is 13.0 Å². The number of aromatic nitrogens is 2. The van der Waals surface area contributed by atoms with Crippen molar-refractivity contribution in [3.63, 3.8) is 0 Å². The highest BCUT2D eigenvalue weighted by atomic mass is 16.2. The van der Waals surface area contributed by atoms with Crippen LogP contribution in [0, 0.1) is 6.92 Å². The van der Waals surface area contributed by atoms with Gasteiger partial charge in [-0.2, -0.15) is 5.10 Å².